The lowest BCUT2D eigenvalue weighted by Crippen LogP contribution is -2.24. The fourth-order valence-electron chi connectivity index (χ4n) is 0.945. The van der Waals surface area contributed by atoms with E-state index >= 15 is 0 Å². The van der Waals surface area contributed by atoms with Gasteiger partial charge in [-0.15, -0.1) is 0 Å². The van der Waals surface area contributed by atoms with E-state index in [2.05, 4.69) is 27.8 Å². The van der Waals surface area contributed by atoms with Crippen LogP contribution in [0.2, 0.25) is 0 Å². The van der Waals surface area contributed by atoms with Crippen LogP contribution in [-0.4, -0.2) is 12.5 Å². The molecule has 1 N–H and O–H groups in total. The second kappa shape index (κ2) is 5.28. The highest BCUT2D eigenvalue weighted by molar-refractivity contribution is 9.10. The van der Waals surface area contributed by atoms with Crippen LogP contribution in [0.25, 0.3) is 0 Å². The van der Waals surface area contributed by atoms with E-state index in [0.717, 1.165) is 0 Å². The minimum atomic E-state index is -0.403. The van der Waals surface area contributed by atoms with Gasteiger partial charge in [-0.05, 0) is 34.1 Å². The van der Waals surface area contributed by atoms with E-state index in [1.165, 1.54) is 18.2 Å². The van der Waals surface area contributed by atoms with Crippen LogP contribution in [0.1, 0.15) is 10.4 Å². The molecule has 2 nitrogen and oxygen atoms in total. The minimum absolute atomic E-state index is 0.185. The summed E-state index contributed by atoms with van der Waals surface area (Å²) in [5, 5.41) is 2.87. The Balaban J connectivity index is 2.78. The molecule has 0 aliphatic rings. The average Bonchev–Trinajstić information content (AvgIpc) is 2.14. The standard InChI is InChI=1S/C10H8BrClFNO/c1-6(12)5-14-10(15)8-3-2-7(13)4-9(8)11/h2-4H,1,5H2,(H,14,15). The van der Waals surface area contributed by atoms with Gasteiger partial charge < -0.3 is 5.32 Å². The molecule has 1 aromatic rings. The molecule has 0 radical (unpaired) electrons. The molecule has 0 bridgehead atoms. The highest BCUT2D eigenvalue weighted by Crippen LogP contribution is 2.17. The van der Waals surface area contributed by atoms with Crippen molar-refractivity contribution in [3.05, 3.63) is 45.7 Å². The zero-order valence-corrected chi connectivity index (χ0v) is 10.0. The SMILES string of the molecule is C=C(Cl)CNC(=O)c1ccc(F)cc1Br. The van der Waals surface area contributed by atoms with Gasteiger partial charge in [-0.25, -0.2) is 4.39 Å². The molecule has 80 valence electrons. The van der Waals surface area contributed by atoms with Crippen LogP contribution in [0.5, 0.6) is 0 Å². The summed E-state index contributed by atoms with van der Waals surface area (Å²) < 4.78 is 13.1. The highest BCUT2D eigenvalue weighted by Gasteiger charge is 2.09. The molecule has 0 spiro atoms. The van der Waals surface area contributed by atoms with Crippen LogP contribution in [0.15, 0.2) is 34.3 Å². The van der Waals surface area contributed by atoms with Gasteiger partial charge in [0, 0.05) is 9.51 Å². The molecule has 0 atom stereocenters. The van der Waals surface area contributed by atoms with Gasteiger partial charge in [0.25, 0.3) is 5.91 Å². The van der Waals surface area contributed by atoms with Crippen molar-refractivity contribution in [2.45, 2.75) is 0 Å². The Morgan fingerprint density at radius 1 is 1.60 bits per heavy atom. The molecular weight excluding hydrogens is 284 g/mol. The van der Waals surface area contributed by atoms with Gasteiger partial charge in [-0.3, -0.25) is 4.79 Å². The van der Waals surface area contributed by atoms with Crippen LogP contribution in [0.3, 0.4) is 0 Å². The van der Waals surface area contributed by atoms with Crippen LogP contribution in [0.4, 0.5) is 4.39 Å². The van der Waals surface area contributed by atoms with Crippen molar-refractivity contribution in [3.63, 3.8) is 0 Å². The minimum Gasteiger partial charge on any atom is -0.347 e. The van der Waals surface area contributed by atoms with Crippen molar-refractivity contribution in [1.29, 1.82) is 0 Å². The van der Waals surface area contributed by atoms with Crippen LogP contribution >= 0.6 is 27.5 Å². The van der Waals surface area contributed by atoms with Gasteiger partial charge in [0.2, 0.25) is 0 Å². The number of rotatable bonds is 3. The molecule has 0 heterocycles. The summed E-state index contributed by atoms with van der Waals surface area (Å²) in [5.41, 5.74) is 0.356. The lowest BCUT2D eigenvalue weighted by atomic mass is 10.2. The molecule has 1 amide bonds. The number of carbonyl (C=O) groups excluding carboxylic acids is 1. The summed E-state index contributed by atoms with van der Waals surface area (Å²) in [4.78, 5) is 11.5. The Kier molecular flexibility index (Phi) is 4.29. The molecule has 0 fully saturated rings. The highest BCUT2D eigenvalue weighted by atomic mass is 79.9. The summed E-state index contributed by atoms with van der Waals surface area (Å²) in [7, 11) is 0. The quantitative estimate of drug-likeness (QED) is 0.911. The molecule has 0 aliphatic heterocycles. The average molecular weight is 293 g/mol. The number of hydrogen-bond donors (Lipinski definition) is 1. The third kappa shape index (κ3) is 3.64. The molecule has 0 saturated heterocycles. The lowest BCUT2D eigenvalue weighted by molar-refractivity contribution is 0.0957. The maximum Gasteiger partial charge on any atom is 0.252 e. The van der Waals surface area contributed by atoms with Crippen molar-refractivity contribution < 1.29 is 9.18 Å². The first-order chi connectivity index (χ1) is 7.00. The first-order valence-corrected chi connectivity index (χ1v) is 5.24. The van der Waals surface area contributed by atoms with E-state index in [9.17, 15) is 9.18 Å². The third-order valence-electron chi connectivity index (χ3n) is 1.62. The molecular formula is C10H8BrClFNO. The number of benzene rings is 1. The molecule has 0 saturated carbocycles. The Morgan fingerprint density at radius 3 is 2.80 bits per heavy atom. The van der Waals surface area contributed by atoms with E-state index in [4.69, 9.17) is 11.6 Å². The fourth-order valence-corrected chi connectivity index (χ4v) is 1.54. The predicted molar refractivity (Wildman–Crippen MR) is 61.4 cm³/mol. The van der Waals surface area contributed by atoms with E-state index in [0.29, 0.717) is 15.1 Å². The Morgan fingerprint density at radius 2 is 2.27 bits per heavy atom. The first-order valence-electron chi connectivity index (χ1n) is 4.07. The normalized spacial score (nSPS) is 9.80. The van der Waals surface area contributed by atoms with Gasteiger partial charge in [0.1, 0.15) is 5.82 Å². The third-order valence-corrected chi connectivity index (χ3v) is 2.41. The predicted octanol–water partition coefficient (Wildman–Crippen LogP) is 3.07. The molecule has 0 aliphatic carbocycles. The van der Waals surface area contributed by atoms with Gasteiger partial charge in [0.05, 0.1) is 12.1 Å². The molecule has 15 heavy (non-hydrogen) atoms. The van der Waals surface area contributed by atoms with Crippen molar-refractivity contribution >= 4 is 33.4 Å². The summed E-state index contributed by atoms with van der Waals surface area (Å²) in [6, 6.07) is 3.84. The molecule has 1 aromatic carbocycles. The first kappa shape index (κ1) is 12.2. The monoisotopic (exact) mass is 291 g/mol. The Hall–Kier alpha value is -0.870. The van der Waals surface area contributed by atoms with E-state index in [-0.39, 0.29) is 12.5 Å². The smallest absolute Gasteiger partial charge is 0.252 e. The lowest BCUT2D eigenvalue weighted by Gasteiger charge is -2.05. The number of carbonyl (C=O) groups is 1. The van der Waals surface area contributed by atoms with Crippen molar-refractivity contribution in [2.24, 2.45) is 0 Å². The van der Waals surface area contributed by atoms with Gasteiger partial charge in [0.15, 0.2) is 0 Å². The molecule has 5 heteroatoms. The maximum absolute atomic E-state index is 12.7. The second-order valence-corrected chi connectivity index (χ2v) is 4.21. The van der Waals surface area contributed by atoms with Gasteiger partial charge in [-0.2, -0.15) is 0 Å². The summed E-state index contributed by atoms with van der Waals surface area (Å²) in [6.45, 7) is 3.62. The summed E-state index contributed by atoms with van der Waals surface area (Å²) in [6.07, 6.45) is 0. The summed E-state index contributed by atoms with van der Waals surface area (Å²) in [5.74, 6) is -0.733. The van der Waals surface area contributed by atoms with Gasteiger partial charge >= 0.3 is 0 Å². The van der Waals surface area contributed by atoms with Crippen molar-refractivity contribution in [1.82, 2.24) is 5.32 Å². The molecule has 0 aromatic heterocycles. The van der Waals surface area contributed by atoms with Gasteiger partial charge in [-0.1, -0.05) is 18.2 Å². The fraction of sp³-hybridized carbons (Fsp3) is 0.100. The maximum atomic E-state index is 12.7. The van der Waals surface area contributed by atoms with Crippen LogP contribution in [-0.2, 0) is 0 Å². The molecule has 1 rings (SSSR count). The van der Waals surface area contributed by atoms with E-state index < -0.39 is 5.82 Å². The topological polar surface area (TPSA) is 29.1 Å². The Labute approximate surface area is 100 Å². The number of halogens is 3. The van der Waals surface area contributed by atoms with Crippen LogP contribution < -0.4 is 5.32 Å². The number of amides is 1. The van der Waals surface area contributed by atoms with E-state index in [1.54, 1.807) is 0 Å². The largest absolute Gasteiger partial charge is 0.347 e. The zero-order valence-electron chi connectivity index (χ0n) is 7.69. The second-order valence-electron chi connectivity index (χ2n) is 2.82. The summed E-state index contributed by atoms with van der Waals surface area (Å²) >= 11 is 8.59. The van der Waals surface area contributed by atoms with Crippen molar-refractivity contribution in [3.8, 4) is 0 Å². The molecule has 0 unspecified atom stereocenters. The zero-order chi connectivity index (χ0) is 11.4. The van der Waals surface area contributed by atoms with Crippen LogP contribution in [0, 0.1) is 5.82 Å². The van der Waals surface area contributed by atoms with E-state index in [1.807, 2.05) is 0 Å². The number of nitrogens with one attached hydrogen (secondary N) is 1. The Bertz CT molecular complexity index is 408. The number of hydrogen-bond acceptors (Lipinski definition) is 1. The van der Waals surface area contributed by atoms with Crippen molar-refractivity contribution in [2.75, 3.05) is 6.54 Å².